The molecule has 5 aliphatic rings. The monoisotopic (exact) mass is 428 g/mol. The second-order valence-corrected chi connectivity index (χ2v) is 10.9. The summed E-state index contributed by atoms with van der Waals surface area (Å²) in [5, 5.41) is 3.26. The molecule has 1 N–H and O–H groups in total. The van der Waals surface area contributed by atoms with Gasteiger partial charge in [0.1, 0.15) is 11.7 Å². The number of rotatable bonds is 5. The van der Waals surface area contributed by atoms with Gasteiger partial charge in [0.05, 0.1) is 0 Å². The van der Waals surface area contributed by atoms with Crippen molar-refractivity contribution in [3.8, 4) is 0 Å². The van der Waals surface area contributed by atoms with Gasteiger partial charge in [0.15, 0.2) is 0 Å². The molecule has 0 aromatic rings. The smallest absolute Gasteiger partial charge is 0.269 e. The van der Waals surface area contributed by atoms with E-state index in [4.69, 9.17) is 0 Å². The molecule has 2 saturated heterocycles. The minimum Gasteiger partial charge on any atom is -0.350 e. The van der Waals surface area contributed by atoms with Crippen molar-refractivity contribution in [1.82, 2.24) is 20.0 Å². The zero-order chi connectivity index (χ0) is 21.7. The SMILES string of the molecule is CC1C2CCCCC2N2C(C(=O)NCC3CCN3C(C)C)=CN(C3CCCC3)C(=O)C12. The molecule has 0 aromatic carbocycles. The number of carbonyl (C=O) groups is 2. The van der Waals surface area contributed by atoms with Gasteiger partial charge < -0.3 is 15.1 Å². The Morgan fingerprint density at radius 2 is 1.81 bits per heavy atom. The van der Waals surface area contributed by atoms with Crippen LogP contribution in [0.25, 0.3) is 0 Å². The van der Waals surface area contributed by atoms with Gasteiger partial charge in [-0.25, -0.2) is 0 Å². The van der Waals surface area contributed by atoms with Crippen LogP contribution in [0.15, 0.2) is 11.9 Å². The molecular weight excluding hydrogens is 388 g/mol. The van der Waals surface area contributed by atoms with Crippen molar-refractivity contribution in [2.24, 2.45) is 11.8 Å². The van der Waals surface area contributed by atoms with E-state index >= 15 is 0 Å². The van der Waals surface area contributed by atoms with Crippen LogP contribution in [0.3, 0.4) is 0 Å². The van der Waals surface area contributed by atoms with E-state index in [0.29, 0.717) is 36.5 Å². The highest BCUT2D eigenvalue weighted by atomic mass is 16.2. The van der Waals surface area contributed by atoms with Crippen molar-refractivity contribution in [2.75, 3.05) is 13.1 Å². The Labute approximate surface area is 187 Å². The Hall–Kier alpha value is -1.56. The molecule has 5 rings (SSSR count). The standard InChI is InChI=1S/C25H40N4O2/c1-16(2)27-13-12-19(27)14-26-24(30)22-15-28(18-8-4-5-9-18)25(31)23-17(3)20-10-6-7-11-21(20)29(22)23/h15-21,23H,4-14H2,1-3H3,(H,26,30). The van der Waals surface area contributed by atoms with Crippen LogP contribution in [0.4, 0.5) is 0 Å². The van der Waals surface area contributed by atoms with Crippen molar-refractivity contribution in [3.63, 3.8) is 0 Å². The molecule has 3 heterocycles. The third-order valence-electron chi connectivity index (χ3n) is 8.96. The Kier molecular flexibility index (Phi) is 5.78. The van der Waals surface area contributed by atoms with Crippen molar-refractivity contribution >= 4 is 11.8 Å². The fourth-order valence-electron chi connectivity index (χ4n) is 7.18. The highest BCUT2D eigenvalue weighted by Crippen LogP contribution is 2.48. The van der Waals surface area contributed by atoms with E-state index in [-0.39, 0.29) is 23.9 Å². The molecule has 0 radical (unpaired) electrons. The summed E-state index contributed by atoms with van der Waals surface area (Å²) in [6.45, 7) is 8.53. The van der Waals surface area contributed by atoms with Crippen molar-refractivity contribution in [3.05, 3.63) is 11.9 Å². The average Bonchev–Trinajstić information content (AvgIpc) is 3.35. The molecule has 3 aliphatic heterocycles. The molecule has 172 valence electrons. The second-order valence-electron chi connectivity index (χ2n) is 10.9. The summed E-state index contributed by atoms with van der Waals surface area (Å²) in [5.41, 5.74) is 0.758. The van der Waals surface area contributed by atoms with E-state index in [1.807, 2.05) is 11.1 Å². The lowest BCUT2D eigenvalue weighted by atomic mass is 9.79. The topological polar surface area (TPSA) is 55.9 Å². The van der Waals surface area contributed by atoms with Crippen LogP contribution in [-0.2, 0) is 9.59 Å². The summed E-state index contributed by atoms with van der Waals surface area (Å²) in [6, 6.07) is 1.42. The first kappa shape index (κ1) is 21.3. The van der Waals surface area contributed by atoms with Gasteiger partial charge in [0, 0.05) is 43.5 Å². The first-order valence-corrected chi connectivity index (χ1v) is 12.8. The predicted molar refractivity (Wildman–Crippen MR) is 121 cm³/mol. The van der Waals surface area contributed by atoms with E-state index < -0.39 is 0 Å². The van der Waals surface area contributed by atoms with E-state index in [1.165, 1.54) is 32.1 Å². The van der Waals surface area contributed by atoms with Crippen LogP contribution in [-0.4, -0.2) is 69.8 Å². The molecule has 2 amide bonds. The normalized spacial score (nSPS) is 36.3. The Morgan fingerprint density at radius 1 is 1.10 bits per heavy atom. The summed E-state index contributed by atoms with van der Waals surface area (Å²) >= 11 is 0. The molecule has 5 unspecified atom stereocenters. The minimum atomic E-state index is -0.157. The fourth-order valence-corrected chi connectivity index (χ4v) is 7.18. The first-order chi connectivity index (χ1) is 15.0. The van der Waals surface area contributed by atoms with Crippen molar-refractivity contribution < 1.29 is 9.59 Å². The highest BCUT2D eigenvalue weighted by Gasteiger charge is 2.55. The molecule has 0 spiro atoms. The number of nitrogens with zero attached hydrogens (tertiary/aromatic N) is 3. The number of hydrogen-bond donors (Lipinski definition) is 1. The summed E-state index contributed by atoms with van der Waals surface area (Å²) in [5.74, 6) is 1.12. The Morgan fingerprint density at radius 3 is 2.48 bits per heavy atom. The van der Waals surface area contributed by atoms with Gasteiger partial charge in [-0.3, -0.25) is 14.5 Å². The van der Waals surface area contributed by atoms with Crippen molar-refractivity contribution in [2.45, 2.75) is 109 Å². The quantitative estimate of drug-likeness (QED) is 0.731. The lowest BCUT2D eigenvalue weighted by Crippen LogP contribution is -2.58. The van der Waals surface area contributed by atoms with Gasteiger partial charge in [0.25, 0.3) is 5.91 Å². The van der Waals surface area contributed by atoms with Gasteiger partial charge in [-0.05, 0) is 57.8 Å². The van der Waals surface area contributed by atoms with Crippen LogP contribution in [0.5, 0.6) is 0 Å². The highest BCUT2D eigenvalue weighted by molar-refractivity contribution is 5.97. The summed E-state index contributed by atoms with van der Waals surface area (Å²) in [4.78, 5) is 33.9. The number of likely N-dealkylation sites (tertiary alicyclic amines) is 1. The third kappa shape index (κ3) is 3.59. The molecule has 31 heavy (non-hydrogen) atoms. The summed E-state index contributed by atoms with van der Waals surface area (Å²) in [7, 11) is 0. The van der Waals surface area contributed by atoms with Crippen LogP contribution >= 0.6 is 0 Å². The van der Waals surface area contributed by atoms with E-state index in [9.17, 15) is 9.59 Å². The largest absolute Gasteiger partial charge is 0.350 e. The number of fused-ring (bicyclic) bond motifs is 3. The molecule has 0 bridgehead atoms. The van der Waals surface area contributed by atoms with E-state index in [1.54, 1.807) is 0 Å². The van der Waals surface area contributed by atoms with Gasteiger partial charge in [-0.1, -0.05) is 32.6 Å². The summed E-state index contributed by atoms with van der Waals surface area (Å²) in [6.07, 6.45) is 12.4. The number of nitrogens with one attached hydrogen (secondary N) is 1. The van der Waals surface area contributed by atoms with Crippen LogP contribution in [0.1, 0.15) is 78.6 Å². The molecule has 0 aromatic heterocycles. The zero-order valence-corrected chi connectivity index (χ0v) is 19.6. The number of carbonyl (C=O) groups excluding carboxylic acids is 2. The maximum atomic E-state index is 13.7. The number of amides is 2. The molecule has 5 atom stereocenters. The van der Waals surface area contributed by atoms with Gasteiger partial charge in [-0.2, -0.15) is 0 Å². The zero-order valence-electron chi connectivity index (χ0n) is 19.6. The Balaban J connectivity index is 1.40. The molecule has 2 aliphatic carbocycles. The molecule has 4 fully saturated rings. The third-order valence-corrected chi connectivity index (χ3v) is 8.96. The maximum absolute atomic E-state index is 13.7. The van der Waals surface area contributed by atoms with Gasteiger partial charge in [-0.15, -0.1) is 0 Å². The van der Waals surface area contributed by atoms with E-state index in [2.05, 4.69) is 35.9 Å². The first-order valence-electron chi connectivity index (χ1n) is 12.8. The molecule has 2 saturated carbocycles. The molecule has 6 heteroatoms. The molecule has 6 nitrogen and oxygen atoms in total. The van der Waals surface area contributed by atoms with Gasteiger partial charge >= 0.3 is 0 Å². The fraction of sp³-hybridized carbons (Fsp3) is 0.840. The minimum absolute atomic E-state index is 0.0227. The van der Waals surface area contributed by atoms with Crippen LogP contribution in [0.2, 0.25) is 0 Å². The van der Waals surface area contributed by atoms with E-state index in [0.717, 1.165) is 37.9 Å². The lowest BCUT2D eigenvalue weighted by Gasteiger charge is -2.45. The maximum Gasteiger partial charge on any atom is 0.269 e. The average molecular weight is 429 g/mol. The molecular formula is C25H40N4O2. The van der Waals surface area contributed by atoms with Crippen LogP contribution in [0, 0.1) is 11.8 Å². The van der Waals surface area contributed by atoms with Gasteiger partial charge in [0.2, 0.25) is 5.91 Å². The lowest BCUT2D eigenvalue weighted by molar-refractivity contribution is -0.139. The summed E-state index contributed by atoms with van der Waals surface area (Å²) < 4.78 is 0. The Bertz CT molecular complexity index is 744. The van der Waals surface area contributed by atoms with Crippen molar-refractivity contribution in [1.29, 1.82) is 0 Å². The van der Waals surface area contributed by atoms with Crippen LogP contribution < -0.4 is 5.32 Å². The predicted octanol–water partition coefficient (Wildman–Crippen LogP) is 3.09. The second kappa shape index (κ2) is 8.42. The number of hydrogen-bond acceptors (Lipinski definition) is 4.